The normalized spacial score (nSPS) is 11.3. The van der Waals surface area contributed by atoms with E-state index in [1.807, 2.05) is 31.2 Å². The van der Waals surface area contributed by atoms with Gasteiger partial charge in [0.25, 0.3) is 0 Å². The Morgan fingerprint density at radius 2 is 1.92 bits per heavy atom. The van der Waals surface area contributed by atoms with Crippen LogP contribution in [0.15, 0.2) is 36.9 Å². The van der Waals surface area contributed by atoms with Crippen LogP contribution in [0.2, 0.25) is 0 Å². The van der Waals surface area contributed by atoms with Crippen molar-refractivity contribution < 1.29 is 14.3 Å². The summed E-state index contributed by atoms with van der Waals surface area (Å²) < 4.78 is 5.50. The Morgan fingerprint density at radius 1 is 1.25 bits per heavy atom. The zero-order valence-corrected chi connectivity index (χ0v) is 14.7. The molecule has 24 heavy (non-hydrogen) atoms. The summed E-state index contributed by atoms with van der Waals surface area (Å²) in [5.74, 6) is -0.690. The van der Waals surface area contributed by atoms with Crippen LogP contribution in [-0.4, -0.2) is 22.3 Å². The van der Waals surface area contributed by atoms with Gasteiger partial charge in [0.15, 0.2) is 5.78 Å². The Morgan fingerprint density at radius 3 is 2.54 bits per heavy atom. The maximum absolute atomic E-state index is 12.7. The SMILES string of the molecule is C=CCCC(=O)c1nc2ccccc2c(C)c1C(=O)OC(C)(C)C. The fourth-order valence-electron chi connectivity index (χ4n) is 2.51. The lowest BCUT2D eigenvalue weighted by molar-refractivity contribution is 0.00666. The molecule has 0 fully saturated rings. The van der Waals surface area contributed by atoms with E-state index in [2.05, 4.69) is 11.6 Å². The number of para-hydroxylation sites is 1. The number of esters is 1. The van der Waals surface area contributed by atoms with Gasteiger partial charge in [-0.15, -0.1) is 6.58 Å². The van der Waals surface area contributed by atoms with Crippen molar-refractivity contribution in [2.45, 2.75) is 46.1 Å². The van der Waals surface area contributed by atoms with E-state index < -0.39 is 11.6 Å². The zero-order chi connectivity index (χ0) is 17.9. The van der Waals surface area contributed by atoms with E-state index >= 15 is 0 Å². The second kappa shape index (κ2) is 6.95. The third-order valence-corrected chi connectivity index (χ3v) is 3.59. The number of ketones is 1. The molecule has 0 unspecified atom stereocenters. The van der Waals surface area contributed by atoms with Crippen LogP contribution in [-0.2, 0) is 4.74 Å². The van der Waals surface area contributed by atoms with Gasteiger partial charge in [0.05, 0.1) is 11.1 Å². The molecule has 0 saturated carbocycles. The predicted octanol–water partition coefficient (Wildman–Crippen LogP) is 4.65. The van der Waals surface area contributed by atoms with Crippen molar-refractivity contribution in [3.05, 3.63) is 53.7 Å². The van der Waals surface area contributed by atoms with Gasteiger partial charge in [0.1, 0.15) is 11.3 Å². The summed E-state index contributed by atoms with van der Waals surface area (Å²) >= 11 is 0. The molecular formula is C20H23NO3. The van der Waals surface area contributed by atoms with Gasteiger partial charge >= 0.3 is 5.97 Å². The lowest BCUT2D eigenvalue weighted by Gasteiger charge is -2.21. The number of Topliss-reactive ketones (excluding diaryl/α,β-unsaturated/α-hetero) is 1. The highest BCUT2D eigenvalue weighted by atomic mass is 16.6. The molecule has 4 heteroatoms. The highest BCUT2D eigenvalue weighted by Crippen LogP contribution is 2.26. The van der Waals surface area contributed by atoms with Gasteiger partial charge < -0.3 is 4.74 Å². The number of carbonyl (C=O) groups excluding carboxylic acids is 2. The van der Waals surface area contributed by atoms with Gasteiger partial charge in [0, 0.05) is 11.8 Å². The first-order valence-corrected chi connectivity index (χ1v) is 8.01. The number of pyridine rings is 1. The molecule has 4 nitrogen and oxygen atoms in total. The first-order valence-electron chi connectivity index (χ1n) is 8.01. The Kier molecular flexibility index (Phi) is 5.17. The largest absolute Gasteiger partial charge is 0.456 e. The summed E-state index contributed by atoms with van der Waals surface area (Å²) in [4.78, 5) is 29.7. The number of ether oxygens (including phenoxy) is 1. The van der Waals surface area contributed by atoms with Gasteiger partial charge in [-0.25, -0.2) is 9.78 Å². The second-order valence-electron chi connectivity index (χ2n) is 6.73. The number of hydrogen-bond donors (Lipinski definition) is 0. The van der Waals surface area contributed by atoms with Crippen molar-refractivity contribution in [3.8, 4) is 0 Å². The van der Waals surface area contributed by atoms with Crippen molar-refractivity contribution in [2.75, 3.05) is 0 Å². The van der Waals surface area contributed by atoms with Crippen molar-refractivity contribution in [2.24, 2.45) is 0 Å². The molecule has 0 atom stereocenters. The topological polar surface area (TPSA) is 56.3 Å². The standard InChI is InChI=1S/C20H23NO3/c1-6-7-12-16(22)18-17(19(23)24-20(3,4)5)13(2)14-10-8-9-11-15(14)21-18/h6,8-11H,1,7,12H2,2-5H3. The van der Waals surface area contributed by atoms with Crippen molar-refractivity contribution >= 4 is 22.7 Å². The first kappa shape index (κ1) is 17.9. The monoisotopic (exact) mass is 325 g/mol. The van der Waals surface area contributed by atoms with Crippen LogP contribution >= 0.6 is 0 Å². The summed E-state index contributed by atoms with van der Waals surface area (Å²) in [6.07, 6.45) is 2.49. The van der Waals surface area contributed by atoms with E-state index in [9.17, 15) is 9.59 Å². The van der Waals surface area contributed by atoms with E-state index in [1.165, 1.54) is 0 Å². The van der Waals surface area contributed by atoms with E-state index in [1.54, 1.807) is 26.8 Å². The molecular weight excluding hydrogens is 302 g/mol. The highest BCUT2D eigenvalue weighted by Gasteiger charge is 2.27. The molecule has 1 aromatic heterocycles. The third-order valence-electron chi connectivity index (χ3n) is 3.59. The molecule has 0 aliphatic rings. The fourth-order valence-corrected chi connectivity index (χ4v) is 2.51. The minimum atomic E-state index is -0.642. The fraction of sp³-hybridized carbons (Fsp3) is 0.350. The van der Waals surface area contributed by atoms with E-state index in [0.717, 1.165) is 10.9 Å². The zero-order valence-electron chi connectivity index (χ0n) is 14.7. The number of nitrogens with zero attached hydrogens (tertiary/aromatic N) is 1. The lowest BCUT2D eigenvalue weighted by Crippen LogP contribution is -2.26. The Bertz CT molecular complexity index is 800. The molecule has 0 bridgehead atoms. The van der Waals surface area contributed by atoms with Gasteiger partial charge in [-0.1, -0.05) is 24.3 Å². The maximum Gasteiger partial charge on any atom is 0.341 e. The van der Waals surface area contributed by atoms with Gasteiger partial charge in [-0.2, -0.15) is 0 Å². The smallest absolute Gasteiger partial charge is 0.341 e. The van der Waals surface area contributed by atoms with Crippen LogP contribution in [0.5, 0.6) is 0 Å². The lowest BCUT2D eigenvalue weighted by atomic mass is 9.98. The number of benzene rings is 1. The quantitative estimate of drug-likeness (QED) is 0.456. The summed E-state index contributed by atoms with van der Waals surface area (Å²) in [6.45, 7) is 10.9. The molecule has 0 aliphatic carbocycles. The van der Waals surface area contributed by atoms with Crippen molar-refractivity contribution in [3.63, 3.8) is 0 Å². The number of rotatable bonds is 5. The highest BCUT2D eigenvalue weighted by molar-refractivity contribution is 6.09. The third kappa shape index (κ3) is 3.88. The molecule has 2 rings (SSSR count). The Labute approximate surface area is 142 Å². The summed E-state index contributed by atoms with van der Waals surface area (Å²) in [7, 11) is 0. The molecule has 0 N–H and O–H groups in total. The Hall–Kier alpha value is -2.49. The van der Waals surface area contributed by atoms with E-state index in [0.29, 0.717) is 11.9 Å². The average molecular weight is 325 g/mol. The molecule has 1 heterocycles. The summed E-state index contributed by atoms with van der Waals surface area (Å²) in [6, 6.07) is 7.48. The Balaban J connectivity index is 2.64. The molecule has 126 valence electrons. The predicted molar refractivity (Wildman–Crippen MR) is 95.4 cm³/mol. The van der Waals surface area contributed by atoms with Gasteiger partial charge in [-0.3, -0.25) is 4.79 Å². The number of allylic oxidation sites excluding steroid dienone is 1. The minimum Gasteiger partial charge on any atom is -0.456 e. The number of aromatic nitrogens is 1. The number of fused-ring (bicyclic) bond motifs is 1. The van der Waals surface area contributed by atoms with Crippen molar-refractivity contribution in [1.82, 2.24) is 4.98 Å². The summed E-state index contributed by atoms with van der Waals surface area (Å²) in [5.41, 5.74) is 1.22. The second-order valence-corrected chi connectivity index (χ2v) is 6.73. The van der Waals surface area contributed by atoms with E-state index in [-0.39, 0.29) is 23.5 Å². The molecule has 0 radical (unpaired) electrons. The van der Waals surface area contributed by atoms with E-state index in [4.69, 9.17) is 4.74 Å². The van der Waals surface area contributed by atoms with Crippen molar-refractivity contribution in [1.29, 1.82) is 0 Å². The van der Waals surface area contributed by atoms with Crippen LogP contribution in [0.1, 0.15) is 60.0 Å². The molecule has 1 aromatic carbocycles. The van der Waals surface area contributed by atoms with Crippen LogP contribution in [0.25, 0.3) is 10.9 Å². The number of hydrogen-bond acceptors (Lipinski definition) is 4. The molecule has 2 aromatic rings. The minimum absolute atomic E-state index is 0.176. The molecule has 0 amide bonds. The molecule has 0 saturated heterocycles. The van der Waals surface area contributed by atoms with Crippen LogP contribution < -0.4 is 0 Å². The van der Waals surface area contributed by atoms with Crippen LogP contribution in [0.4, 0.5) is 0 Å². The van der Waals surface area contributed by atoms with Crippen LogP contribution in [0, 0.1) is 6.92 Å². The molecule has 0 aliphatic heterocycles. The first-order chi connectivity index (χ1) is 11.2. The number of aryl methyl sites for hydroxylation is 1. The van der Waals surface area contributed by atoms with Gasteiger partial charge in [0.2, 0.25) is 0 Å². The maximum atomic E-state index is 12.7. The van der Waals surface area contributed by atoms with Gasteiger partial charge in [-0.05, 0) is 45.7 Å². The molecule has 0 spiro atoms. The number of carbonyl (C=O) groups is 2. The summed E-state index contributed by atoms with van der Waals surface area (Å²) in [5, 5.41) is 0.846. The van der Waals surface area contributed by atoms with Crippen LogP contribution in [0.3, 0.4) is 0 Å². The average Bonchev–Trinajstić information content (AvgIpc) is 2.50.